The summed E-state index contributed by atoms with van der Waals surface area (Å²) >= 11 is 0. The average Bonchev–Trinajstić information content (AvgIpc) is 2.30. The quantitative estimate of drug-likeness (QED) is 0.538. The van der Waals surface area contributed by atoms with E-state index in [1.54, 1.807) is 0 Å². The van der Waals surface area contributed by atoms with Gasteiger partial charge in [0.2, 0.25) is 0 Å². The lowest BCUT2D eigenvalue weighted by Crippen LogP contribution is -2.21. The molecule has 65 valence electrons. The van der Waals surface area contributed by atoms with Crippen molar-refractivity contribution in [2.75, 3.05) is 0 Å². The third kappa shape index (κ3) is 1.98. The van der Waals surface area contributed by atoms with Gasteiger partial charge in [0, 0.05) is 0 Å². The van der Waals surface area contributed by atoms with Gasteiger partial charge in [0.25, 0.3) is 0 Å². The van der Waals surface area contributed by atoms with Crippen LogP contribution in [0.5, 0.6) is 0 Å². The first-order chi connectivity index (χ1) is 5.41. The van der Waals surface area contributed by atoms with Crippen molar-refractivity contribution in [3.8, 4) is 0 Å². The van der Waals surface area contributed by atoms with Crippen molar-refractivity contribution in [3.63, 3.8) is 0 Å². The molecule has 1 aliphatic carbocycles. The second-order valence-corrected chi connectivity index (χ2v) is 9.63. The maximum absolute atomic E-state index is 3.31. The SMILES string of the molecule is CC(C)=C1[C]=CC([Si](C)(C)C)=C1. The molecule has 0 fully saturated rings. The van der Waals surface area contributed by atoms with Crippen molar-refractivity contribution in [2.24, 2.45) is 0 Å². The molecular weight excluding hydrogens is 160 g/mol. The van der Waals surface area contributed by atoms with Crippen LogP contribution in [0, 0.1) is 6.08 Å². The van der Waals surface area contributed by atoms with E-state index in [1.165, 1.54) is 16.3 Å². The molecule has 1 rings (SSSR count). The first-order valence-corrected chi connectivity index (χ1v) is 7.90. The lowest BCUT2D eigenvalue weighted by molar-refractivity contribution is 1.34. The largest absolute Gasteiger partial charge is 0.0776 e. The van der Waals surface area contributed by atoms with Crippen molar-refractivity contribution < 1.29 is 0 Å². The number of rotatable bonds is 1. The molecule has 0 aromatic heterocycles. The summed E-state index contributed by atoms with van der Waals surface area (Å²) in [7, 11) is -1.10. The van der Waals surface area contributed by atoms with Gasteiger partial charge in [-0.3, -0.25) is 0 Å². The molecule has 0 saturated carbocycles. The molecule has 0 aromatic carbocycles. The number of hydrogen-bond acceptors (Lipinski definition) is 0. The van der Waals surface area contributed by atoms with Crippen molar-refractivity contribution in [2.45, 2.75) is 33.5 Å². The van der Waals surface area contributed by atoms with E-state index >= 15 is 0 Å². The van der Waals surface area contributed by atoms with Crippen molar-refractivity contribution in [1.29, 1.82) is 0 Å². The van der Waals surface area contributed by atoms with E-state index < -0.39 is 8.07 Å². The Balaban J connectivity index is 2.97. The summed E-state index contributed by atoms with van der Waals surface area (Å²) in [6, 6.07) is 0. The average molecular weight is 177 g/mol. The van der Waals surface area contributed by atoms with E-state index in [9.17, 15) is 0 Å². The molecule has 1 heteroatoms. The van der Waals surface area contributed by atoms with Gasteiger partial charge in [0.05, 0.1) is 8.07 Å². The van der Waals surface area contributed by atoms with Gasteiger partial charge in [0.15, 0.2) is 0 Å². The standard InChI is InChI=1S/C11H17Si/c1-9(2)10-6-7-11(8-10)12(3,4)5/h7-8H,1-5H3. The topological polar surface area (TPSA) is 0 Å². The summed E-state index contributed by atoms with van der Waals surface area (Å²) in [5.41, 5.74) is 2.65. The molecule has 1 aliphatic rings. The van der Waals surface area contributed by atoms with Gasteiger partial charge in [0.1, 0.15) is 0 Å². The normalized spacial score (nSPS) is 16.8. The van der Waals surface area contributed by atoms with Gasteiger partial charge in [-0.1, -0.05) is 42.6 Å². The van der Waals surface area contributed by atoms with Crippen LogP contribution in [0.3, 0.4) is 0 Å². The van der Waals surface area contributed by atoms with Gasteiger partial charge in [-0.2, -0.15) is 0 Å². The van der Waals surface area contributed by atoms with E-state index in [1.807, 2.05) is 0 Å². The summed E-state index contributed by atoms with van der Waals surface area (Å²) < 4.78 is 0. The van der Waals surface area contributed by atoms with E-state index in [4.69, 9.17) is 0 Å². The maximum Gasteiger partial charge on any atom is 0.0776 e. The molecule has 0 amide bonds. The fourth-order valence-electron chi connectivity index (χ4n) is 1.12. The summed E-state index contributed by atoms with van der Waals surface area (Å²) in [4.78, 5) is 0. The van der Waals surface area contributed by atoms with Crippen LogP contribution >= 0.6 is 0 Å². The molecule has 0 heterocycles. The fourth-order valence-corrected chi connectivity index (χ4v) is 2.20. The third-order valence-corrected chi connectivity index (χ3v) is 4.11. The first-order valence-electron chi connectivity index (χ1n) is 4.40. The summed E-state index contributed by atoms with van der Waals surface area (Å²) in [6.07, 6.45) is 7.76. The monoisotopic (exact) mass is 177 g/mol. The minimum absolute atomic E-state index is 1.10. The second kappa shape index (κ2) is 3.06. The van der Waals surface area contributed by atoms with E-state index in [0.29, 0.717) is 0 Å². The zero-order valence-electron chi connectivity index (χ0n) is 8.65. The van der Waals surface area contributed by atoms with Crippen LogP contribution in [0.4, 0.5) is 0 Å². The Bertz CT molecular complexity index is 268. The summed E-state index contributed by atoms with van der Waals surface area (Å²) in [5, 5.41) is 1.51. The molecule has 0 nitrogen and oxygen atoms in total. The Morgan fingerprint density at radius 2 is 1.83 bits per heavy atom. The molecule has 0 unspecified atom stereocenters. The summed E-state index contributed by atoms with van der Waals surface area (Å²) in [6.45, 7) is 11.4. The molecule has 0 spiro atoms. The van der Waals surface area contributed by atoms with Gasteiger partial charge in [-0.15, -0.1) is 0 Å². The van der Waals surface area contributed by atoms with Crippen LogP contribution in [-0.4, -0.2) is 8.07 Å². The van der Waals surface area contributed by atoms with Gasteiger partial charge >= 0.3 is 0 Å². The van der Waals surface area contributed by atoms with E-state index in [-0.39, 0.29) is 0 Å². The highest BCUT2D eigenvalue weighted by Crippen LogP contribution is 2.24. The highest BCUT2D eigenvalue weighted by molar-refractivity contribution is 6.83. The molecule has 0 atom stereocenters. The van der Waals surface area contributed by atoms with E-state index in [0.717, 1.165) is 0 Å². The van der Waals surface area contributed by atoms with Crippen molar-refractivity contribution in [1.82, 2.24) is 0 Å². The molecule has 0 saturated heterocycles. The second-order valence-electron chi connectivity index (χ2n) is 4.55. The molecule has 1 radical (unpaired) electrons. The molecule has 0 aromatic rings. The highest BCUT2D eigenvalue weighted by Gasteiger charge is 2.20. The Kier molecular flexibility index (Phi) is 2.43. The molecule has 0 aliphatic heterocycles. The lowest BCUT2D eigenvalue weighted by atomic mass is 10.2. The van der Waals surface area contributed by atoms with E-state index in [2.05, 4.69) is 51.7 Å². The van der Waals surface area contributed by atoms with Crippen molar-refractivity contribution in [3.05, 3.63) is 34.6 Å². The third-order valence-electron chi connectivity index (χ3n) is 2.09. The van der Waals surface area contributed by atoms with Gasteiger partial charge in [-0.25, -0.2) is 0 Å². The molecule has 0 bridgehead atoms. The van der Waals surface area contributed by atoms with Crippen LogP contribution in [0.1, 0.15) is 13.8 Å². The fraction of sp³-hybridized carbons (Fsp3) is 0.455. The van der Waals surface area contributed by atoms with Crippen molar-refractivity contribution >= 4 is 8.07 Å². The lowest BCUT2D eigenvalue weighted by Gasteiger charge is -2.15. The Morgan fingerprint density at radius 1 is 1.25 bits per heavy atom. The van der Waals surface area contributed by atoms with Crippen LogP contribution in [0.2, 0.25) is 19.6 Å². The predicted molar refractivity (Wildman–Crippen MR) is 57.6 cm³/mol. The molecule has 0 N–H and O–H groups in total. The van der Waals surface area contributed by atoms with Gasteiger partial charge in [-0.05, 0) is 25.5 Å². The Morgan fingerprint density at radius 3 is 2.08 bits per heavy atom. The highest BCUT2D eigenvalue weighted by atomic mass is 28.3. The Hall–Kier alpha value is -0.563. The van der Waals surface area contributed by atoms with Crippen LogP contribution in [0.15, 0.2) is 28.5 Å². The molecular formula is C11H17Si. The van der Waals surface area contributed by atoms with Crippen LogP contribution < -0.4 is 0 Å². The predicted octanol–water partition coefficient (Wildman–Crippen LogP) is 3.50. The number of hydrogen-bond donors (Lipinski definition) is 0. The zero-order chi connectivity index (χ0) is 9.35. The molecule has 12 heavy (non-hydrogen) atoms. The van der Waals surface area contributed by atoms with Gasteiger partial charge < -0.3 is 0 Å². The summed E-state index contributed by atoms with van der Waals surface area (Å²) in [5.74, 6) is 0. The first kappa shape index (κ1) is 9.52. The number of allylic oxidation sites excluding steroid dienone is 6. The minimum atomic E-state index is -1.10. The minimum Gasteiger partial charge on any atom is -0.0686 e. The zero-order valence-corrected chi connectivity index (χ0v) is 9.65. The maximum atomic E-state index is 3.31. The smallest absolute Gasteiger partial charge is 0.0686 e. The Labute approximate surface area is 76.7 Å². The van der Waals surface area contributed by atoms with Crippen LogP contribution in [0.25, 0.3) is 0 Å². The van der Waals surface area contributed by atoms with Crippen LogP contribution in [-0.2, 0) is 0 Å².